The highest BCUT2D eigenvalue weighted by molar-refractivity contribution is 6.32. The lowest BCUT2D eigenvalue weighted by Crippen LogP contribution is -2.30. The number of halogens is 1. The molecule has 5 heteroatoms. The van der Waals surface area contributed by atoms with Gasteiger partial charge in [0.15, 0.2) is 0 Å². The van der Waals surface area contributed by atoms with E-state index in [4.69, 9.17) is 11.6 Å². The van der Waals surface area contributed by atoms with Crippen LogP contribution >= 0.6 is 11.6 Å². The first-order valence-corrected chi connectivity index (χ1v) is 5.92. The van der Waals surface area contributed by atoms with E-state index in [1.807, 2.05) is 13.8 Å². The van der Waals surface area contributed by atoms with E-state index < -0.39 is 0 Å². The summed E-state index contributed by atoms with van der Waals surface area (Å²) in [5.41, 5.74) is 0.584. The fourth-order valence-corrected chi connectivity index (χ4v) is 1.48. The minimum atomic E-state index is -0.123. The van der Waals surface area contributed by atoms with E-state index in [0.29, 0.717) is 12.2 Å². The fraction of sp³-hybridized carbons (Fsp3) is 0.417. The van der Waals surface area contributed by atoms with Gasteiger partial charge >= 0.3 is 0 Å². The van der Waals surface area contributed by atoms with Crippen LogP contribution in [0.25, 0.3) is 0 Å². The molecule has 0 heterocycles. The van der Waals surface area contributed by atoms with Crippen LogP contribution in [0, 0.1) is 5.92 Å². The van der Waals surface area contributed by atoms with Crippen molar-refractivity contribution >= 4 is 23.2 Å². The van der Waals surface area contributed by atoms with Crippen molar-refractivity contribution in [2.24, 2.45) is 5.92 Å². The number of anilines is 1. The fourth-order valence-electron chi connectivity index (χ4n) is 1.30. The van der Waals surface area contributed by atoms with Gasteiger partial charge in [-0.2, -0.15) is 0 Å². The number of phenolic OH excluding ortho intramolecular Hbond substituents is 1. The highest BCUT2D eigenvalue weighted by Gasteiger charge is 2.12. The molecule has 0 aliphatic heterocycles. The third kappa shape index (κ3) is 4.24. The van der Waals surface area contributed by atoms with Crippen LogP contribution in [0.3, 0.4) is 0 Å². The second kappa shape index (κ2) is 6.47. The molecule has 94 valence electrons. The third-order valence-corrected chi connectivity index (χ3v) is 2.67. The molecule has 0 saturated carbocycles. The van der Waals surface area contributed by atoms with Crippen LogP contribution in [-0.4, -0.2) is 24.1 Å². The lowest BCUT2D eigenvalue weighted by molar-refractivity contribution is -0.119. The van der Waals surface area contributed by atoms with E-state index in [1.54, 1.807) is 6.07 Å². The van der Waals surface area contributed by atoms with Gasteiger partial charge in [-0.15, -0.1) is 0 Å². The van der Waals surface area contributed by atoms with Crippen molar-refractivity contribution in [1.29, 1.82) is 0 Å². The lowest BCUT2D eigenvalue weighted by atomic mass is 10.1. The summed E-state index contributed by atoms with van der Waals surface area (Å²) in [6, 6.07) is 4.58. The zero-order valence-corrected chi connectivity index (χ0v) is 10.7. The number of carbonyl (C=O) groups is 1. The first-order chi connectivity index (χ1) is 8.04. The molecule has 0 radical (unpaired) electrons. The largest absolute Gasteiger partial charge is 0.506 e. The van der Waals surface area contributed by atoms with Gasteiger partial charge in [-0.3, -0.25) is 4.79 Å². The molecule has 0 saturated heterocycles. The molecule has 0 aliphatic carbocycles. The molecular formula is C12H17ClN2O2. The molecule has 0 spiro atoms. The van der Waals surface area contributed by atoms with Crippen LogP contribution < -0.4 is 10.6 Å². The Morgan fingerprint density at radius 2 is 2.24 bits per heavy atom. The first-order valence-electron chi connectivity index (χ1n) is 5.54. The average molecular weight is 257 g/mol. The number of phenols is 1. The Hall–Kier alpha value is -1.26. The Morgan fingerprint density at radius 1 is 1.53 bits per heavy atom. The Balaban J connectivity index is 2.58. The highest BCUT2D eigenvalue weighted by Crippen LogP contribution is 2.26. The summed E-state index contributed by atoms with van der Waals surface area (Å²) in [6.07, 6.45) is 0. The molecule has 1 aromatic rings. The van der Waals surface area contributed by atoms with Gasteiger partial charge in [0.25, 0.3) is 0 Å². The molecule has 1 rings (SSSR count). The normalized spacial score (nSPS) is 12.2. The lowest BCUT2D eigenvalue weighted by Gasteiger charge is -2.12. The Morgan fingerprint density at radius 3 is 2.82 bits per heavy atom. The Bertz CT molecular complexity index is 396. The summed E-state index contributed by atoms with van der Waals surface area (Å²) in [5.74, 6) is -0.194. The molecule has 0 aliphatic rings. The SMILES string of the molecule is CCNCC(C)C(=O)Nc1ccc(O)c(Cl)c1. The standard InChI is InChI=1S/C12H17ClN2O2/c1-3-14-7-8(2)12(17)15-9-4-5-11(16)10(13)6-9/h4-6,8,14,16H,3,7H2,1-2H3,(H,15,17). The minimum Gasteiger partial charge on any atom is -0.506 e. The molecule has 0 fully saturated rings. The van der Waals surface area contributed by atoms with Crippen molar-refractivity contribution in [3.63, 3.8) is 0 Å². The Kier molecular flexibility index (Phi) is 5.25. The predicted molar refractivity (Wildman–Crippen MR) is 69.5 cm³/mol. The summed E-state index contributed by atoms with van der Waals surface area (Å²) in [5, 5.41) is 15.3. The van der Waals surface area contributed by atoms with Crippen LogP contribution in [0.4, 0.5) is 5.69 Å². The van der Waals surface area contributed by atoms with E-state index in [9.17, 15) is 9.90 Å². The van der Waals surface area contributed by atoms with E-state index in [-0.39, 0.29) is 22.6 Å². The van der Waals surface area contributed by atoms with Gasteiger partial charge in [0.1, 0.15) is 5.75 Å². The molecule has 1 atom stereocenters. The number of hydrogen-bond acceptors (Lipinski definition) is 3. The second-order valence-corrected chi connectivity index (χ2v) is 4.27. The average Bonchev–Trinajstić information content (AvgIpc) is 2.30. The van der Waals surface area contributed by atoms with Gasteiger partial charge in [0.05, 0.1) is 5.02 Å². The van der Waals surface area contributed by atoms with E-state index in [0.717, 1.165) is 6.54 Å². The minimum absolute atomic E-state index is 0.00497. The zero-order chi connectivity index (χ0) is 12.8. The first kappa shape index (κ1) is 13.8. The molecular weight excluding hydrogens is 240 g/mol. The highest BCUT2D eigenvalue weighted by atomic mass is 35.5. The molecule has 0 aromatic heterocycles. The summed E-state index contributed by atoms with van der Waals surface area (Å²) < 4.78 is 0. The van der Waals surface area contributed by atoms with Crippen molar-refractivity contribution in [3.05, 3.63) is 23.2 Å². The second-order valence-electron chi connectivity index (χ2n) is 3.86. The number of hydrogen-bond donors (Lipinski definition) is 3. The van der Waals surface area contributed by atoms with Crippen molar-refractivity contribution in [1.82, 2.24) is 5.32 Å². The molecule has 1 amide bonds. The van der Waals surface area contributed by atoms with Crippen molar-refractivity contribution < 1.29 is 9.90 Å². The van der Waals surface area contributed by atoms with Gasteiger partial charge in [0.2, 0.25) is 5.91 Å². The van der Waals surface area contributed by atoms with Crippen molar-refractivity contribution in [2.45, 2.75) is 13.8 Å². The van der Waals surface area contributed by atoms with E-state index in [1.165, 1.54) is 12.1 Å². The number of amides is 1. The molecule has 1 unspecified atom stereocenters. The Labute approximate surface area is 106 Å². The molecule has 4 nitrogen and oxygen atoms in total. The van der Waals surface area contributed by atoms with Crippen molar-refractivity contribution in [2.75, 3.05) is 18.4 Å². The predicted octanol–water partition coefficient (Wildman–Crippen LogP) is 2.23. The van der Waals surface area contributed by atoms with Crippen LogP contribution in [0.15, 0.2) is 18.2 Å². The zero-order valence-electron chi connectivity index (χ0n) is 9.96. The number of benzene rings is 1. The number of aromatic hydroxyl groups is 1. The van der Waals surface area contributed by atoms with E-state index >= 15 is 0 Å². The maximum Gasteiger partial charge on any atom is 0.228 e. The molecule has 1 aromatic carbocycles. The quantitative estimate of drug-likeness (QED) is 0.708. The molecule has 3 N–H and O–H groups in total. The van der Waals surface area contributed by atoms with Gasteiger partial charge in [-0.05, 0) is 24.7 Å². The summed E-state index contributed by atoms with van der Waals surface area (Å²) >= 11 is 5.75. The number of rotatable bonds is 5. The van der Waals surface area contributed by atoms with Crippen LogP contribution in [-0.2, 0) is 4.79 Å². The van der Waals surface area contributed by atoms with Crippen LogP contribution in [0.1, 0.15) is 13.8 Å². The number of nitrogens with one attached hydrogen (secondary N) is 2. The van der Waals surface area contributed by atoms with Crippen molar-refractivity contribution in [3.8, 4) is 5.75 Å². The van der Waals surface area contributed by atoms with Crippen LogP contribution in [0.2, 0.25) is 5.02 Å². The number of carbonyl (C=O) groups excluding carboxylic acids is 1. The van der Waals surface area contributed by atoms with Gasteiger partial charge in [-0.1, -0.05) is 25.4 Å². The summed E-state index contributed by atoms with van der Waals surface area (Å²) in [4.78, 5) is 11.8. The summed E-state index contributed by atoms with van der Waals surface area (Å²) in [6.45, 7) is 5.31. The molecule has 17 heavy (non-hydrogen) atoms. The van der Waals surface area contributed by atoms with Gasteiger partial charge in [0, 0.05) is 18.2 Å². The van der Waals surface area contributed by atoms with Crippen LogP contribution in [0.5, 0.6) is 5.75 Å². The smallest absolute Gasteiger partial charge is 0.228 e. The summed E-state index contributed by atoms with van der Waals surface area (Å²) in [7, 11) is 0. The van der Waals surface area contributed by atoms with Gasteiger partial charge < -0.3 is 15.7 Å². The third-order valence-electron chi connectivity index (χ3n) is 2.36. The maximum atomic E-state index is 11.8. The topological polar surface area (TPSA) is 61.4 Å². The maximum absolute atomic E-state index is 11.8. The molecule has 0 bridgehead atoms. The monoisotopic (exact) mass is 256 g/mol. The van der Waals surface area contributed by atoms with Gasteiger partial charge in [-0.25, -0.2) is 0 Å². The van der Waals surface area contributed by atoms with E-state index in [2.05, 4.69) is 10.6 Å².